The maximum Gasteiger partial charge on any atom is 0.0900 e. The van der Waals surface area contributed by atoms with Crippen molar-refractivity contribution in [3.63, 3.8) is 0 Å². The van der Waals surface area contributed by atoms with Crippen LogP contribution < -0.4 is 5.32 Å². The number of hydrogen-bond donors (Lipinski definition) is 1. The van der Waals surface area contributed by atoms with Crippen molar-refractivity contribution in [2.75, 3.05) is 6.54 Å². The fourth-order valence-corrected chi connectivity index (χ4v) is 2.73. The molecule has 12 heavy (non-hydrogen) atoms. The van der Waals surface area contributed by atoms with Gasteiger partial charge in [-0.3, -0.25) is 0 Å². The fraction of sp³-hybridized carbons (Fsp3) is 0.667. The minimum atomic E-state index is 0.277. The molecule has 0 spiro atoms. The van der Waals surface area contributed by atoms with Crippen LogP contribution in [0.5, 0.6) is 0 Å². The number of rotatable bonds is 0. The molecule has 2 nitrogen and oxygen atoms in total. The predicted molar refractivity (Wildman–Crippen MR) is 51.6 cm³/mol. The third kappa shape index (κ3) is 1.17. The predicted octanol–water partition coefficient (Wildman–Crippen LogP) is 1.83. The molecule has 1 N–H and O–H groups in total. The number of fused-ring (bicyclic) bond motifs is 1. The Labute approximate surface area is 77.0 Å². The summed E-state index contributed by atoms with van der Waals surface area (Å²) < 4.78 is 0. The van der Waals surface area contributed by atoms with E-state index in [-0.39, 0.29) is 5.41 Å². The van der Waals surface area contributed by atoms with Crippen molar-refractivity contribution in [3.05, 3.63) is 15.6 Å². The lowest BCUT2D eigenvalue weighted by atomic mass is 9.88. The van der Waals surface area contributed by atoms with Gasteiger partial charge in [-0.1, -0.05) is 13.8 Å². The molecule has 0 saturated heterocycles. The van der Waals surface area contributed by atoms with Crippen molar-refractivity contribution in [2.45, 2.75) is 32.7 Å². The third-order valence-corrected chi connectivity index (χ3v) is 3.66. The molecule has 1 aliphatic rings. The number of nitrogens with zero attached hydrogens (tertiary/aromatic N) is 1. The van der Waals surface area contributed by atoms with E-state index in [2.05, 4.69) is 31.1 Å². The second-order valence-corrected chi connectivity index (χ2v) is 5.20. The molecule has 0 aliphatic carbocycles. The van der Waals surface area contributed by atoms with Crippen molar-refractivity contribution < 1.29 is 0 Å². The lowest BCUT2D eigenvalue weighted by Crippen LogP contribution is -2.37. The molecule has 0 saturated carbocycles. The van der Waals surface area contributed by atoms with E-state index in [0.717, 1.165) is 13.1 Å². The van der Waals surface area contributed by atoms with E-state index in [0.29, 0.717) is 0 Å². The van der Waals surface area contributed by atoms with Crippen molar-refractivity contribution in [3.8, 4) is 0 Å². The summed E-state index contributed by atoms with van der Waals surface area (Å²) >= 11 is 1.85. The molecule has 66 valence electrons. The molecule has 2 rings (SSSR count). The van der Waals surface area contributed by atoms with Crippen LogP contribution in [-0.4, -0.2) is 11.5 Å². The van der Waals surface area contributed by atoms with Gasteiger partial charge in [0.2, 0.25) is 0 Å². The van der Waals surface area contributed by atoms with Gasteiger partial charge in [0, 0.05) is 23.4 Å². The fourth-order valence-electron chi connectivity index (χ4n) is 1.69. The van der Waals surface area contributed by atoms with Crippen LogP contribution in [0.4, 0.5) is 0 Å². The van der Waals surface area contributed by atoms with Gasteiger partial charge < -0.3 is 5.32 Å². The number of aryl methyl sites for hydroxylation is 1. The molecular formula is C9H14N2S. The van der Waals surface area contributed by atoms with Crippen molar-refractivity contribution in [1.82, 2.24) is 10.3 Å². The quantitative estimate of drug-likeness (QED) is 0.662. The zero-order chi connectivity index (χ0) is 8.77. The van der Waals surface area contributed by atoms with E-state index in [1.807, 2.05) is 11.3 Å². The molecule has 1 aromatic rings. The van der Waals surface area contributed by atoms with Gasteiger partial charge in [0.1, 0.15) is 0 Å². The minimum absolute atomic E-state index is 0.277. The van der Waals surface area contributed by atoms with Crippen LogP contribution in [0.3, 0.4) is 0 Å². The van der Waals surface area contributed by atoms with Gasteiger partial charge in [0.25, 0.3) is 0 Å². The number of aromatic nitrogens is 1. The van der Waals surface area contributed by atoms with E-state index >= 15 is 0 Å². The van der Waals surface area contributed by atoms with Crippen LogP contribution in [0.25, 0.3) is 0 Å². The Morgan fingerprint density at radius 3 is 2.92 bits per heavy atom. The van der Waals surface area contributed by atoms with Crippen LogP contribution in [-0.2, 0) is 12.0 Å². The molecular weight excluding hydrogens is 168 g/mol. The summed E-state index contributed by atoms with van der Waals surface area (Å²) in [6.45, 7) is 8.65. The molecule has 0 aromatic carbocycles. The first-order valence-electron chi connectivity index (χ1n) is 4.27. The van der Waals surface area contributed by atoms with Crippen molar-refractivity contribution >= 4 is 11.3 Å². The highest BCUT2D eigenvalue weighted by Crippen LogP contribution is 2.33. The van der Waals surface area contributed by atoms with Gasteiger partial charge in [-0.15, -0.1) is 11.3 Å². The van der Waals surface area contributed by atoms with Crippen LogP contribution in [0.15, 0.2) is 0 Å². The van der Waals surface area contributed by atoms with Gasteiger partial charge in [-0.05, 0) is 6.92 Å². The Balaban J connectivity index is 2.51. The Morgan fingerprint density at radius 1 is 1.50 bits per heavy atom. The Bertz CT molecular complexity index is 301. The molecule has 0 fully saturated rings. The maximum absolute atomic E-state index is 4.50. The van der Waals surface area contributed by atoms with Crippen molar-refractivity contribution in [2.24, 2.45) is 0 Å². The summed E-state index contributed by atoms with van der Waals surface area (Å²) in [5.41, 5.74) is 1.54. The Hall–Kier alpha value is -0.410. The molecule has 1 aliphatic heterocycles. The molecule has 0 unspecified atom stereocenters. The first-order chi connectivity index (χ1) is 5.59. The average molecular weight is 182 g/mol. The van der Waals surface area contributed by atoms with E-state index in [4.69, 9.17) is 0 Å². The summed E-state index contributed by atoms with van der Waals surface area (Å²) in [6, 6.07) is 0. The summed E-state index contributed by atoms with van der Waals surface area (Å²) in [7, 11) is 0. The highest BCUT2D eigenvalue weighted by Gasteiger charge is 2.29. The van der Waals surface area contributed by atoms with Crippen LogP contribution in [0, 0.1) is 6.92 Å². The van der Waals surface area contributed by atoms with Gasteiger partial charge >= 0.3 is 0 Å². The lowest BCUT2D eigenvalue weighted by molar-refractivity contribution is 0.439. The summed E-state index contributed by atoms with van der Waals surface area (Å²) in [6.07, 6.45) is 0. The number of thiazole rings is 1. The van der Waals surface area contributed by atoms with Crippen LogP contribution in [0.1, 0.15) is 29.4 Å². The van der Waals surface area contributed by atoms with Crippen LogP contribution in [0.2, 0.25) is 0 Å². The Kier molecular flexibility index (Phi) is 1.73. The molecule has 3 heteroatoms. The highest BCUT2D eigenvalue weighted by molar-refractivity contribution is 7.11. The highest BCUT2D eigenvalue weighted by atomic mass is 32.1. The number of nitrogens with one attached hydrogen (secondary N) is 1. The van der Waals surface area contributed by atoms with Gasteiger partial charge in [0.05, 0.1) is 10.7 Å². The lowest BCUT2D eigenvalue weighted by Gasteiger charge is -2.29. The molecule has 0 amide bonds. The second-order valence-electron chi connectivity index (χ2n) is 4.00. The normalized spacial score (nSPS) is 20.6. The van der Waals surface area contributed by atoms with E-state index in [9.17, 15) is 0 Å². The van der Waals surface area contributed by atoms with Crippen LogP contribution >= 0.6 is 11.3 Å². The minimum Gasteiger partial charge on any atom is -0.310 e. The van der Waals surface area contributed by atoms with Gasteiger partial charge in [-0.2, -0.15) is 0 Å². The Morgan fingerprint density at radius 2 is 2.25 bits per heavy atom. The monoisotopic (exact) mass is 182 g/mol. The summed E-state index contributed by atoms with van der Waals surface area (Å²) in [5, 5.41) is 4.58. The summed E-state index contributed by atoms with van der Waals surface area (Å²) in [5.74, 6) is 0. The van der Waals surface area contributed by atoms with Gasteiger partial charge in [-0.25, -0.2) is 4.98 Å². The average Bonchev–Trinajstić information content (AvgIpc) is 2.30. The molecule has 1 aromatic heterocycles. The van der Waals surface area contributed by atoms with E-state index in [1.165, 1.54) is 15.6 Å². The molecule has 0 radical (unpaired) electrons. The second kappa shape index (κ2) is 2.54. The zero-order valence-electron chi connectivity index (χ0n) is 7.77. The van der Waals surface area contributed by atoms with Gasteiger partial charge in [0.15, 0.2) is 0 Å². The third-order valence-electron chi connectivity index (χ3n) is 2.28. The standard InChI is InChI=1S/C9H14N2S/c1-6-11-7-4-10-5-9(2,3)8(7)12-6/h10H,4-5H2,1-3H3. The maximum atomic E-state index is 4.50. The largest absolute Gasteiger partial charge is 0.310 e. The van der Waals surface area contributed by atoms with E-state index in [1.54, 1.807) is 0 Å². The molecule has 0 atom stereocenters. The molecule has 2 heterocycles. The smallest absolute Gasteiger partial charge is 0.0900 e. The number of hydrogen-bond acceptors (Lipinski definition) is 3. The SMILES string of the molecule is Cc1nc2c(s1)C(C)(C)CNC2. The molecule has 0 bridgehead atoms. The van der Waals surface area contributed by atoms with Crippen molar-refractivity contribution in [1.29, 1.82) is 0 Å². The first kappa shape index (κ1) is 8.20. The zero-order valence-corrected chi connectivity index (χ0v) is 8.59. The summed E-state index contributed by atoms with van der Waals surface area (Å²) in [4.78, 5) is 5.97. The first-order valence-corrected chi connectivity index (χ1v) is 5.09. The van der Waals surface area contributed by atoms with E-state index < -0.39 is 0 Å². The topological polar surface area (TPSA) is 24.9 Å².